The summed E-state index contributed by atoms with van der Waals surface area (Å²) < 4.78 is 19.0. The van der Waals surface area contributed by atoms with Gasteiger partial charge >= 0.3 is 0 Å². The van der Waals surface area contributed by atoms with Gasteiger partial charge in [0.25, 0.3) is 0 Å². The molecule has 0 radical (unpaired) electrons. The van der Waals surface area contributed by atoms with Gasteiger partial charge in [-0.3, -0.25) is 0 Å². The van der Waals surface area contributed by atoms with Crippen LogP contribution in [0.1, 0.15) is 19.4 Å². The smallest absolute Gasteiger partial charge is 0.126 e. The van der Waals surface area contributed by atoms with Crippen LogP contribution in [0.4, 0.5) is 4.39 Å². The Bertz CT molecular complexity index is 365. The predicted molar refractivity (Wildman–Crippen MR) is 61.9 cm³/mol. The second-order valence-electron chi connectivity index (χ2n) is 5.04. The Morgan fingerprint density at radius 1 is 1.44 bits per heavy atom. The SMILES string of the molecule is CC1(C)COCC(Cc2ccccc2F)N1. The molecule has 2 rings (SSSR count). The van der Waals surface area contributed by atoms with E-state index in [1.54, 1.807) is 6.07 Å². The molecule has 0 aromatic heterocycles. The van der Waals surface area contributed by atoms with Crippen molar-refractivity contribution in [2.24, 2.45) is 0 Å². The molecule has 2 nitrogen and oxygen atoms in total. The van der Waals surface area contributed by atoms with Crippen LogP contribution < -0.4 is 5.32 Å². The third kappa shape index (κ3) is 2.80. The fraction of sp³-hybridized carbons (Fsp3) is 0.538. The molecule has 1 aliphatic heterocycles. The zero-order valence-corrected chi connectivity index (χ0v) is 9.79. The Balaban J connectivity index is 2.02. The Kier molecular flexibility index (Phi) is 3.26. The number of nitrogens with one attached hydrogen (secondary N) is 1. The molecule has 1 N–H and O–H groups in total. The monoisotopic (exact) mass is 223 g/mol. The van der Waals surface area contributed by atoms with Crippen LogP contribution in [0.15, 0.2) is 24.3 Å². The maximum Gasteiger partial charge on any atom is 0.126 e. The molecule has 1 saturated heterocycles. The molecule has 1 aromatic rings. The summed E-state index contributed by atoms with van der Waals surface area (Å²) in [7, 11) is 0. The first-order valence-electron chi connectivity index (χ1n) is 5.66. The molecule has 0 amide bonds. The van der Waals surface area contributed by atoms with E-state index in [-0.39, 0.29) is 17.4 Å². The van der Waals surface area contributed by atoms with Crippen molar-refractivity contribution >= 4 is 0 Å². The van der Waals surface area contributed by atoms with Gasteiger partial charge in [-0.05, 0) is 31.9 Å². The van der Waals surface area contributed by atoms with Crippen LogP contribution in [0.25, 0.3) is 0 Å². The van der Waals surface area contributed by atoms with Crippen LogP contribution in [-0.4, -0.2) is 24.8 Å². The minimum atomic E-state index is -0.132. The predicted octanol–water partition coefficient (Wildman–Crippen LogP) is 2.14. The maximum absolute atomic E-state index is 13.5. The molecule has 0 spiro atoms. The number of benzene rings is 1. The Morgan fingerprint density at radius 3 is 2.88 bits per heavy atom. The summed E-state index contributed by atoms with van der Waals surface area (Å²) in [5.74, 6) is -0.132. The molecule has 1 aliphatic rings. The van der Waals surface area contributed by atoms with Gasteiger partial charge in [0, 0.05) is 11.6 Å². The van der Waals surface area contributed by atoms with Crippen LogP contribution in [0.2, 0.25) is 0 Å². The molecule has 16 heavy (non-hydrogen) atoms. The van der Waals surface area contributed by atoms with E-state index in [0.717, 1.165) is 5.56 Å². The van der Waals surface area contributed by atoms with Crippen LogP contribution in [0.5, 0.6) is 0 Å². The molecular formula is C13H18FNO. The molecule has 0 bridgehead atoms. The van der Waals surface area contributed by atoms with Crippen molar-refractivity contribution in [1.29, 1.82) is 0 Å². The van der Waals surface area contributed by atoms with Crippen molar-refractivity contribution in [3.8, 4) is 0 Å². The first-order valence-corrected chi connectivity index (χ1v) is 5.66. The molecule has 1 aromatic carbocycles. The number of morpholine rings is 1. The average Bonchev–Trinajstić information content (AvgIpc) is 2.20. The zero-order valence-electron chi connectivity index (χ0n) is 9.79. The van der Waals surface area contributed by atoms with E-state index in [2.05, 4.69) is 19.2 Å². The number of rotatable bonds is 2. The third-order valence-electron chi connectivity index (χ3n) is 2.80. The Hall–Kier alpha value is -0.930. The van der Waals surface area contributed by atoms with Crippen LogP contribution in [-0.2, 0) is 11.2 Å². The van der Waals surface area contributed by atoms with E-state index in [0.29, 0.717) is 19.6 Å². The quantitative estimate of drug-likeness (QED) is 0.829. The van der Waals surface area contributed by atoms with Crippen molar-refractivity contribution < 1.29 is 9.13 Å². The fourth-order valence-electron chi connectivity index (χ4n) is 2.13. The van der Waals surface area contributed by atoms with Gasteiger partial charge in [0.15, 0.2) is 0 Å². The molecule has 1 fully saturated rings. The highest BCUT2D eigenvalue weighted by atomic mass is 19.1. The normalized spacial score (nSPS) is 24.3. The highest BCUT2D eigenvalue weighted by Gasteiger charge is 2.27. The molecule has 0 aliphatic carbocycles. The van der Waals surface area contributed by atoms with Crippen LogP contribution >= 0.6 is 0 Å². The fourth-order valence-corrected chi connectivity index (χ4v) is 2.13. The molecular weight excluding hydrogens is 205 g/mol. The molecule has 0 saturated carbocycles. The first kappa shape index (κ1) is 11.6. The number of halogens is 1. The number of hydrogen-bond donors (Lipinski definition) is 1. The molecule has 1 atom stereocenters. The summed E-state index contributed by atoms with van der Waals surface area (Å²) in [6.45, 7) is 5.56. The summed E-state index contributed by atoms with van der Waals surface area (Å²) >= 11 is 0. The van der Waals surface area contributed by atoms with Crippen molar-refractivity contribution in [2.75, 3.05) is 13.2 Å². The van der Waals surface area contributed by atoms with Gasteiger partial charge in [-0.25, -0.2) is 4.39 Å². The van der Waals surface area contributed by atoms with E-state index in [9.17, 15) is 4.39 Å². The molecule has 1 heterocycles. The number of ether oxygens (including phenoxy) is 1. The minimum absolute atomic E-state index is 0.0197. The van der Waals surface area contributed by atoms with Gasteiger partial charge in [0.05, 0.1) is 13.2 Å². The van der Waals surface area contributed by atoms with E-state index in [1.807, 2.05) is 12.1 Å². The van der Waals surface area contributed by atoms with Crippen molar-refractivity contribution in [1.82, 2.24) is 5.32 Å². The lowest BCUT2D eigenvalue weighted by Crippen LogP contribution is -2.56. The van der Waals surface area contributed by atoms with Crippen molar-refractivity contribution in [2.45, 2.75) is 31.8 Å². The van der Waals surface area contributed by atoms with Gasteiger partial charge in [-0.2, -0.15) is 0 Å². The maximum atomic E-state index is 13.5. The highest BCUT2D eigenvalue weighted by Crippen LogP contribution is 2.15. The van der Waals surface area contributed by atoms with Gasteiger partial charge in [-0.15, -0.1) is 0 Å². The second kappa shape index (κ2) is 4.52. The molecule has 88 valence electrons. The van der Waals surface area contributed by atoms with Crippen LogP contribution in [0.3, 0.4) is 0 Å². The van der Waals surface area contributed by atoms with Crippen LogP contribution in [0, 0.1) is 5.82 Å². The molecule has 3 heteroatoms. The standard InChI is InChI=1S/C13H18FNO/c1-13(2)9-16-8-11(15-13)7-10-5-3-4-6-12(10)14/h3-6,11,15H,7-9H2,1-2H3. The summed E-state index contributed by atoms with van der Waals surface area (Å²) in [6, 6.07) is 7.12. The van der Waals surface area contributed by atoms with Crippen molar-refractivity contribution in [3.05, 3.63) is 35.6 Å². The number of hydrogen-bond acceptors (Lipinski definition) is 2. The topological polar surface area (TPSA) is 21.3 Å². The average molecular weight is 223 g/mol. The van der Waals surface area contributed by atoms with E-state index >= 15 is 0 Å². The lowest BCUT2D eigenvalue weighted by atomic mass is 9.99. The van der Waals surface area contributed by atoms with E-state index in [1.165, 1.54) is 6.07 Å². The largest absolute Gasteiger partial charge is 0.378 e. The Labute approximate surface area is 95.8 Å². The second-order valence-corrected chi connectivity index (χ2v) is 5.04. The lowest BCUT2D eigenvalue weighted by molar-refractivity contribution is 0.0133. The Morgan fingerprint density at radius 2 is 2.19 bits per heavy atom. The van der Waals surface area contributed by atoms with Gasteiger partial charge in [0.2, 0.25) is 0 Å². The summed E-state index contributed by atoms with van der Waals surface area (Å²) in [6.07, 6.45) is 0.677. The van der Waals surface area contributed by atoms with E-state index < -0.39 is 0 Å². The minimum Gasteiger partial charge on any atom is -0.378 e. The summed E-state index contributed by atoms with van der Waals surface area (Å²) in [5.41, 5.74) is 0.732. The van der Waals surface area contributed by atoms with Gasteiger partial charge < -0.3 is 10.1 Å². The third-order valence-corrected chi connectivity index (χ3v) is 2.80. The first-order chi connectivity index (χ1) is 7.57. The van der Waals surface area contributed by atoms with E-state index in [4.69, 9.17) is 4.74 Å². The lowest BCUT2D eigenvalue weighted by Gasteiger charge is -2.37. The molecule has 1 unspecified atom stereocenters. The van der Waals surface area contributed by atoms with Gasteiger partial charge in [-0.1, -0.05) is 18.2 Å². The van der Waals surface area contributed by atoms with Gasteiger partial charge in [0.1, 0.15) is 5.82 Å². The van der Waals surface area contributed by atoms with Crippen molar-refractivity contribution in [3.63, 3.8) is 0 Å². The summed E-state index contributed by atoms with van der Waals surface area (Å²) in [5, 5.41) is 3.48. The zero-order chi connectivity index (χ0) is 11.6. The summed E-state index contributed by atoms with van der Waals surface area (Å²) in [4.78, 5) is 0. The highest BCUT2D eigenvalue weighted by molar-refractivity contribution is 5.18.